The van der Waals surface area contributed by atoms with Gasteiger partial charge < -0.3 is 20.7 Å². The first-order valence-corrected chi connectivity index (χ1v) is 7.96. The summed E-state index contributed by atoms with van der Waals surface area (Å²) < 4.78 is 6.05. The summed E-state index contributed by atoms with van der Waals surface area (Å²) in [6.07, 6.45) is 1.63. The molecule has 1 aromatic heterocycles. The lowest BCUT2D eigenvalue weighted by atomic mass is 10.2. The van der Waals surface area contributed by atoms with Gasteiger partial charge in [-0.1, -0.05) is 11.6 Å². The van der Waals surface area contributed by atoms with E-state index in [2.05, 4.69) is 27.1 Å². The third-order valence-corrected chi connectivity index (χ3v) is 4.12. The van der Waals surface area contributed by atoms with Gasteiger partial charge in [0.15, 0.2) is 11.6 Å². The Morgan fingerprint density at radius 3 is 2.96 bits per heavy atom. The summed E-state index contributed by atoms with van der Waals surface area (Å²) in [5.41, 5.74) is 6.74. The van der Waals surface area contributed by atoms with Crippen LogP contribution in [-0.4, -0.2) is 35.6 Å². The van der Waals surface area contributed by atoms with E-state index in [1.54, 1.807) is 12.3 Å². The summed E-state index contributed by atoms with van der Waals surface area (Å²) in [6, 6.07) is 5.81. The molecule has 0 aliphatic carbocycles. The molecule has 1 unspecified atom stereocenters. The number of piperazine rings is 1. The summed E-state index contributed by atoms with van der Waals surface area (Å²) in [6.45, 7) is 6.72. The molecule has 0 bridgehead atoms. The smallest absolute Gasteiger partial charge is 0.222 e. The molecule has 3 N–H and O–H groups in total. The Bertz CT molecular complexity index is 709. The summed E-state index contributed by atoms with van der Waals surface area (Å²) in [5, 5.41) is 4.04. The van der Waals surface area contributed by atoms with E-state index in [4.69, 9.17) is 22.1 Å². The average Bonchev–Trinajstić information content (AvgIpc) is 2.52. The standard InChI is InChI=1S/C16H20ClN5O/c1-10-7-12(17)3-4-13(10)23-14-9-20-16(18)21-15(14)22-6-5-19-8-11(22)2/h3-4,7,9,11,19H,5-6,8H2,1-2H3,(H2,18,20,21). The van der Waals surface area contributed by atoms with Crippen LogP contribution < -0.4 is 20.7 Å². The zero-order valence-corrected chi connectivity index (χ0v) is 14.0. The van der Waals surface area contributed by atoms with Gasteiger partial charge in [-0.15, -0.1) is 0 Å². The van der Waals surface area contributed by atoms with E-state index in [1.807, 2.05) is 19.1 Å². The first-order chi connectivity index (χ1) is 11.0. The highest BCUT2D eigenvalue weighted by atomic mass is 35.5. The molecule has 1 atom stereocenters. The van der Waals surface area contributed by atoms with E-state index < -0.39 is 0 Å². The molecule has 0 spiro atoms. The number of hydrogen-bond acceptors (Lipinski definition) is 6. The van der Waals surface area contributed by atoms with Crippen LogP contribution in [0.5, 0.6) is 11.5 Å². The van der Waals surface area contributed by atoms with Crippen LogP contribution in [0.2, 0.25) is 5.02 Å². The van der Waals surface area contributed by atoms with Crippen LogP contribution in [0.1, 0.15) is 12.5 Å². The molecule has 0 amide bonds. The minimum atomic E-state index is 0.242. The lowest BCUT2D eigenvalue weighted by Gasteiger charge is -2.35. The lowest BCUT2D eigenvalue weighted by Crippen LogP contribution is -2.50. The Morgan fingerprint density at radius 1 is 1.39 bits per heavy atom. The van der Waals surface area contributed by atoms with Crippen molar-refractivity contribution in [2.45, 2.75) is 19.9 Å². The van der Waals surface area contributed by atoms with Gasteiger partial charge in [-0.3, -0.25) is 0 Å². The van der Waals surface area contributed by atoms with E-state index >= 15 is 0 Å². The van der Waals surface area contributed by atoms with Crippen LogP contribution >= 0.6 is 11.6 Å². The number of hydrogen-bond donors (Lipinski definition) is 2. The number of nitrogens with two attached hydrogens (primary N) is 1. The van der Waals surface area contributed by atoms with E-state index in [9.17, 15) is 0 Å². The summed E-state index contributed by atoms with van der Waals surface area (Å²) in [5.74, 6) is 2.29. The van der Waals surface area contributed by atoms with Gasteiger partial charge in [0.1, 0.15) is 5.75 Å². The van der Waals surface area contributed by atoms with Crippen LogP contribution in [0.4, 0.5) is 11.8 Å². The zero-order chi connectivity index (χ0) is 16.4. The predicted molar refractivity (Wildman–Crippen MR) is 92.4 cm³/mol. The van der Waals surface area contributed by atoms with Gasteiger partial charge in [-0.2, -0.15) is 4.98 Å². The SMILES string of the molecule is Cc1cc(Cl)ccc1Oc1cnc(N)nc1N1CCNCC1C. The molecule has 122 valence electrons. The fraction of sp³-hybridized carbons (Fsp3) is 0.375. The van der Waals surface area contributed by atoms with Crippen molar-refractivity contribution < 1.29 is 4.74 Å². The molecule has 23 heavy (non-hydrogen) atoms. The van der Waals surface area contributed by atoms with Gasteiger partial charge >= 0.3 is 0 Å². The van der Waals surface area contributed by atoms with Crippen molar-refractivity contribution in [1.29, 1.82) is 0 Å². The molecule has 2 aromatic rings. The van der Waals surface area contributed by atoms with E-state index in [-0.39, 0.29) is 5.95 Å². The summed E-state index contributed by atoms with van der Waals surface area (Å²) in [7, 11) is 0. The van der Waals surface area contributed by atoms with E-state index in [1.165, 1.54) is 0 Å². The van der Waals surface area contributed by atoms with Gasteiger partial charge in [0, 0.05) is 30.7 Å². The van der Waals surface area contributed by atoms with Crippen LogP contribution in [0.3, 0.4) is 0 Å². The molecule has 1 aromatic carbocycles. The lowest BCUT2D eigenvalue weighted by molar-refractivity contribution is 0.455. The number of aromatic nitrogens is 2. The molecule has 1 aliphatic heterocycles. The predicted octanol–water partition coefficient (Wildman–Crippen LogP) is 2.61. The number of aryl methyl sites for hydroxylation is 1. The average molecular weight is 334 g/mol. The minimum Gasteiger partial charge on any atom is -0.452 e. The molecule has 6 nitrogen and oxygen atoms in total. The van der Waals surface area contributed by atoms with Crippen LogP contribution in [0.15, 0.2) is 24.4 Å². The molecule has 1 aliphatic rings. The van der Waals surface area contributed by atoms with Gasteiger partial charge in [-0.05, 0) is 37.6 Å². The molecular weight excluding hydrogens is 314 g/mol. The largest absolute Gasteiger partial charge is 0.452 e. The van der Waals surface area contributed by atoms with Gasteiger partial charge in [0.25, 0.3) is 0 Å². The maximum atomic E-state index is 6.05. The third kappa shape index (κ3) is 3.48. The Labute approximate surface area is 140 Å². The van der Waals surface area contributed by atoms with E-state index in [0.29, 0.717) is 16.8 Å². The molecule has 2 heterocycles. The first-order valence-electron chi connectivity index (χ1n) is 7.58. The fourth-order valence-electron chi connectivity index (χ4n) is 2.65. The van der Waals surface area contributed by atoms with Crippen molar-refractivity contribution in [2.75, 3.05) is 30.3 Å². The quantitative estimate of drug-likeness (QED) is 0.899. The van der Waals surface area contributed by atoms with Crippen LogP contribution in [-0.2, 0) is 0 Å². The van der Waals surface area contributed by atoms with Crippen molar-refractivity contribution in [3.8, 4) is 11.5 Å². The maximum Gasteiger partial charge on any atom is 0.222 e. The highest BCUT2D eigenvalue weighted by Crippen LogP contribution is 2.34. The number of nitrogen functional groups attached to an aromatic ring is 1. The third-order valence-electron chi connectivity index (χ3n) is 3.89. The Balaban J connectivity index is 1.95. The van der Waals surface area contributed by atoms with E-state index in [0.717, 1.165) is 36.8 Å². The second-order valence-electron chi connectivity index (χ2n) is 5.67. The van der Waals surface area contributed by atoms with Crippen molar-refractivity contribution in [2.24, 2.45) is 0 Å². The Kier molecular flexibility index (Phi) is 4.54. The first kappa shape index (κ1) is 15.8. The second kappa shape index (κ2) is 6.60. The highest BCUT2D eigenvalue weighted by Gasteiger charge is 2.24. The molecule has 1 saturated heterocycles. The zero-order valence-electron chi connectivity index (χ0n) is 13.2. The van der Waals surface area contributed by atoms with Crippen molar-refractivity contribution in [3.63, 3.8) is 0 Å². The topological polar surface area (TPSA) is 76.3 Å². The number of anilines is 2. The summed E-state index contributed by atoms with van der Waals surface area (Å²) >= 11 is 6.00. The molecule has 1 fully saturated rings. The van der Waals surface area contributed by atoms with Gasteiger partial charge in [0.05, 0.1) is 6.20 Å². The second-order valence-corrected chi connectivity index (χ2v) is 6.11. The normalized spacial score (nSPS) is 18.0. The fourth-order valence-corrected chi connectivity index (χ4v) is 2.88. The number of nitrogens with zero attached hydrogens (tertiary/aromatic N) is 3. The van der Waals surface area contributed by atoms with Gasteiger partial charge in [0.2, 0.25) is 5.95 Å². The van der Waals surface area contributed by atoms with Crippen LogP contribution in [0, 0.1) is 6.92 Å². The van der Waals surface area contributed by atoms with Gasteiger partial charge in [-0.25, -0.2) is 4.98 Å². The maximum absolute atomic E-state index is 6.05. The number of rotatable bonds is 3. The van der Waals surface area contributed by atoms with Crippen LogP contribution in [0.25, 0.3) is 0 Å². The molecule has 3 rings (SSSR count). The molecule has 7 heteroatoms. The number of nitrogens with one attached hydrogen (secondary N) is 1. The monoisotopic (exact) mass is 333 g/mol. The summed E-state index contributed by atoms with van der Waals surface area (Å²) in [4.78, 5) is 10.7. The molecule has 0 saturated carbocycles. The molecular formula is C16H20ClN5O. The van der Waals surface area contributed by atoms with Crippen molar-refractivity contribution >= 4 is 23.4 Å². The molecule has 0 radical (unpaired) electrons. The Morgan fingerprint density at radius 2 is 2.22 bits per heavy atom. The number of ether oxygens (including phenoxy) is 1. The van der Waals surface area contributed by atoms with Crippen molar-refractivity contribution in [3.05, 3.63) is 35.0 Å². The number of benzene rings is 1. The minimum absolute atomic E-state index is 0.242. The Hall–Kier alpha value is -2.05. The number of halogens is 1. The van der Waals surface area contributed by atoms with Crippen molar-refractivity contribution in [1.82, 2.24) is 15.3 Å². The highest BCUT2D eigenvalue weighted by molar-refractivity contribution is 6.30.